The largest absolute Gasteiger partial charge is 0.356 e. The van der Waals surface area contributed by atoms with Crippen molar-refractivity contribution >= 4 is 11.9 Å². The number of carbonyl (C=O) groups excluding carboxylic acids is 1. The van der Waals surface area contributed by atoms with Crippen molar-refractivity contribution in [1.82, 2.24) is 20.9 Å². The maximum atomic E-state index is 12.3. The summed E-state index contributed by atoms with van der Waals surface area (Å²) in [6.07, 6.45) is 1.53. The average molecular weight is 374 g/mol. The average Bonchev–Trinajstić information content (AvgIpc) is 2.99. The summed E-state index contributed by atoms with van der Waals surface area (Å²) < 4.78 is 0. The molecule has 1 heterocycles. The van der Waals surface area contributed by atoms with Gasteiger partial charge in [-0.15, -0.1) is 0 Å². The van der Waals surface area contributed by atoms with Crippen molar-refractivity contribution in [3.63, 3.8) is 0 Å². The molecule has 2 rings (SSSR count). The predicted octanol–water partition coefficient (Wildman–Crippen LogP) is 1.63. The van der Waals surface area contributed by atoms with Gasteiger partial charge in [-0.1, -0.05) is 30.3 Å². The Labute approximate surface area is 163 Å². The van der Waals surface area contributed by atoms with Crippen molar-refractivity contribution in [2.24, 2.45) is 10.9 Å². The Morgan fingerprint density at radius 1 is 1.19 bits per heavy atom. The van der Waals surface area contributed by atoms with Crippen LogP contribution in [-0.4, -0.2) is 62.1 Å². The number of amides is 1. The second-order valence-corrected chi connectivity index (χ2v) is 8.20. The van der Waals surface area contributed by atoms with E-state index in [2.05, 4.69) is 53.8 Å². The second kappa shape index (κ2) is 10.3. The third kappa shape index (κ3) is 7.99. The minimum absolute atomic E-state index is 0.117. The molecular formula is C21H35N5O. The molecule has 0 aliphatic carbocycles. The quantitative estimate of drug-likeness (QED) is 0.368. The Morgan fingerprint density at radius 3 is 2.59 bits per heavy atom. The molecule has 0 bridgehead atoms. The first kappa shape index (κ1) is 21.2. The van der Waals surface area contributed by atoms with Gasteiger partial charge in [0.15, 0.2) is 5.96 Å². The van der Waals surface area contributed by atoms with Crippen LogP contribution in [0.5, 0.6) is 0 Å². The number of nitrogens with zero attached hydrogens (tertiary/aromatic N) is 2. The molecule has 0 radical (unpaired) electrons. The molecule has 1 aromatic rings. The lowest BCUT2D eigenvalue weighted by Crippen LogP contribution is -2.45. The van der Waals surface area contributed by atoms with E-state index in [9.17, 15) is 4.79 Å². The Balaban J connectivity index is 1.67. The Hall–Kier alpha value is -2.08. The minimum atomic E-state index is 0.117. The molecule has 0 saturated carbocycles. The Morgan fingerprint density at radius 2 is 1.93 bits per heavy atom. The van der Waals surface area contributed by atoms with E-state index in [-0.39, 0.29) is 11.4 Å². The summed E-state index contributed by atoms with van der Waals surface area (Å²) in [6.45, 7) is 10.5. The van der Waals surface area contributed by atoms with Crippen LogP contribution in [0.4, 0.5) is 0 Å². The summed E-state index contributed by atoms with van der Waals surface area (Å²) in [6, 6.07) is 10.3. The number of guanidine groups is 1. The first-order valence-corrected chi connectivity index (χ1v) is 9.88. The maximum absolute atomic E-state index is 12.3. The highest BCUT2D eigenvalue weighted by Crippen LogP contribution is 2.17. The third-order valence-electron chi connectivity index (χ3n) is 4.66. The molecule has 3 N–H and O–H groups in total. The summed E-state index contributed by atoms with van der Waals surface area (Å²) in [7, 11) is 1.78. The molecule has 1 fully saturated rings. The number of nitrogens with one attached hydrogen (secondary N) is 3. The normalized spacial score (nSPS) is 18.1. The number of carbonyl (C=O) groups is 1. The molecule has 1 aromatic carbocycles. The van der Waals surface area contributed by atoms with Crippen LogP contribution in [-0.2, 0) is 11.2 Å². The van der Waals surface area contributed by atoms with Gasteiger partial charge in [0.2, 0.25) is 5.91 Å². The van der Waals surface area contributed by atoms with Crippen molar-refractivity contribution < 1.29 is 4.79 Å². The van der Waals surface area contributed by atoms with Crippen molar-refractivity contribution in [1.29, 1.82) is 0 Å². The third-order valence-corrected chi connectivity index (χ3v) is 4.66. The smallest absolute Gasteiger partial charge is 0.223 e. The van der Waals surface area contributed by atoms with Gasteiger partial charge in [0.1, 0.15) is 0 Å². The highest BCUT2D eigenvalue weighted by Gasteiger charge is 2.29. The topological polar surface area (TPSA) is 68.8 Å². The van der Waals surface area contributed by atoms with Crippen LogP contribution in [0.1, 0.15) is 32.8 Å². The van der Waals surface area contributed by atoms with Crippen molar-refractivity contribution in [3.8, 4) is 0 Å². The molecule has 1 aliphatic rings. The molecule has 1 unspecified atom stereocenters. The Kier molecular flexibility index (Phi) is 8.10. The molecule has 1 atom stereocenters. The fraction of sp³-hybridized carbons (Fsp3) is 0.619. The SMILES string of the molecule is CN=C(NCCNC(C)(C)C)NCC1CC(=O)N(CCc2ccccc2)C1. The number of rotatable bonds is 8. The molecule has 1 saturated heterocycles. The van der Waals surface area contributed by atoms with Crippen LogP contribution in [0, 0.1) is 5.92 Å². The Bertz CT molecular complexity index is 609. The lowest BCUT2D eigenvalue weighted by atomic mass is 10.1. The summed E-state index contributed by atoms with van der Waals surface area (Å²) in [5, 5.41) is 10.1. The highest BCUT2D eigenvalue weighted by molar-refractivity contribution is 5.80. The lowest BCUT2D eigenvalue weighted by molar-refractivity contribution is -0.127. The van der Waals surface area contributed by atoms with Gasteiger partial charge in [-0.3, -0.25) is 9.79 Å². The van der Waals surface area contributed by atoms with Crippen LogP contribution in [0.2, 0.25) is 0 Å². The zero-order chi connectivity index (χ0) is 19.7. The molecule has 0 spiro atoms. The standard InChI is InChI=1S/C21H35N5O/c1-21(2,3)25-12-11-23-20(22-4)24-15-18-14-19(27)26(16-18)13-10-17-8-6-5-7-9-17/h5-9,18,25H,10-16H2,1-4H3,(H2,22,23,24). The van der Waals surface area contributed by atoms with Crippen molar-refractivity contribution in [2.75, 3.05) is 39.8 Å². The predicted molar refractivity (Wildman–Crippen MR) is 112 cm³/mol. The van der Waals surface area contributed by atoms with Crippen LogP contribution >= 0.6 is 0 Å². The number of likely N-dealkylation sites (tertiary alicyclic amines) is 1. The molecule has 6 heteroatoms. The van der Waals surface area contributed by atoms with Gasteiger partial charge in [-0.25, -0.2) is 0 Å². The van der Waals surface area contributed by atoms with Crippen LogP contribution in [0.25, 0.3) is 0 Å². The number of hydrogen-bond acceptors (Lipinski definition) is 3. The number of benzene rings is 1. The van der Waals surface area contributed by atoms with E-state index in [1.807, 2.05) is 23.1 Å². The maximum Gasteiger partial charge on any atom is 0.223 e. The van der Waals surface area contributed by atoms with Crippen molar-refractivity contribution in [2.45, 2.75) is 39.2 Å². The van der Waals surface area contributed by atoms with Crippen molar-refractivity contribution in [3.05, 3.63) is 35.9 Å². The summed E-state index contributed by atoms with van der Waals surface area (Å²) in [5.41, 5.74) is 1.40. The van der Waals surface area contributed by atoms with Gasteiger partial charge >= 0.3 is 0 Å². The fourth-order valence-corrected chi connectivity index (χ4v) is 3.20. The van der Waals surface area contributed by atoms with E-state index in [4.69, 9.17) is 0 Å². The molecule has 27 heavy (non-hydrogen) atoms. The molecule has 0 aromatic heterocycles. The van der Waals surface area contributed by atoms with Gasteiger partial charge < -0.3 is 20.9 Å². The van der Waals surface area contributed by atoms with Gasteiger partial charge in [-0.2, -0.15) is 0 Å². The van der Waals surface area contributed by atoms with Crippen LogP contribution in [0.15, 0.2) is 35.3 Å². The van der Waals surface area contributed by atoms with E-state index in [1.165, 1.54) is 5.56 Å². The number of aliphatic imine (C=N–C) groups is 1. The van der Waals surface area contributed by atoms with E-state index >= 15 is 0 Å². The van der Waals surface area contributed by atoms with Gasteiger partial charge in [0, 0.05) is 57.6 Å². The van der Waals surface area contributed by atoms with Gasteiger partial charge in [-0.05, 0) is 32.8 Å². The zero-order valence-corrected chi connectivity index (χ0v) is 17.2. The molecule has 6 nitrogen and oxygen atoms in total. The molecule has 1 aliphatic heterocycles. The monoisotopic (exact) mass is 373 g/mol. The van der Waals surface area contributed by atoms with Gasteiger partial charge in [0.25, 0.3) is 0 Å². The van der Waals surface area contributed by atoms with E-state index < -0.39 is 0 Å². The van der Waals surface area contributed by atoms with E-state index in [0.29, 0.717) is 12.3 Å². The fourth-order valence-electron chi connectivity index (χ4n) is 3.20. The lowest BCUT2D eigenvalue weighted by Gasteiger charge is -2.21. The zero-order valence-electron chi connectivity index (χ0n) is 17.2. The molecular weight excluding hydrogens is 338 g/mol. The van der Waals surface area contributed by atoms with Crippen LogP contribution in [0.3, 0.4) is 0 Å². The highest BCUT2D eigenvalue weighted by atomic mass is 16.2. The summed E-state index contributed by atoms with van der Waals surface area (Å²) in [4.78, 5) is 18.5. The molecule has 1 amide bonds. The second-order valence-electron chi connectivity index (χ2n) is 8.20. The molecule has 150 valence electrons. The van der Waals surface area contributed by atoms with Gasteiger partial charge in [0.05, 0.1) is 0 Å². The minimum Gasteiger partial charge on any atom is -0.356 e. The van der Waals surface area contributed by atoms with Crippen LogP contribution < -0.4 is 16.0 Å². The van der Waals surface area contributed by atoms with E-state index in [1.54, 1.807) is 7.05 Å². The summed E-state index contributed by atoms with van der Waals surface area (Å²) in [5.74, 6) is 1.38. The first-order valence-electron chi connectivity index (χ1n) is 9.88. The summed E-state index contributed by atoms with van der Waals surface area (Å²) >= 11 is 0. The number of hydrogen-bond donors (Lipinski definition) is 3. The van der Waals surface area contributed by atoms with E-state index in [0.717, 1.165) is 45.1 Å². The first-order chi connectivity index (χ1) is 12.9.